The number of halogens is 1. The molecule has 0 unspecified atom stereocenters. The summed E-state index contributed by atoms with van der Waals surface area (Å²) in [6.45, 7) is 7.02. The first kappa shape index (κ1) is 15.0. The molecule has 0 fully saturated rings. The van der Waals surface area contributed by atoms with Gasteiger partial charge in [0.1, 0.15) is 17.5 Å². The standard InChI is InChI=1S/C15H19IN4/c1-4-13-19-14(17-5-2)10(3)15(20-13)18-12-8-6-11(16)7-9-12/h6-9H,4-5H2,1-3H3,(H2,17,18,19,20). The zero-order chi connectivity index (χ0) is 14.5. The molecule has 106 valence electrons. The molecule has 2 N–H and O–H groups in total. The molecule has 2 aromatic rings. The van der Waals surface area contributed by atoms with Crippen LogP contribution in [0.25, 0.3) is 0 Å². The Balaban J connectivity index is 2.34. The normalized spacial score (nSPS) is 10.4. The molecular weight excluding hydrogens is 363 g/mol. The van der Waals surface area contributed by atoms with Gasteiger partial charge in [0.15, 0.2) is 0 Å². The summed E-state index contributed by atoms with van der Waals surface area (Å²) in [7, 11) is 0. The number of nitrogens with zero attached hydrogens (tertiary/aromatic N) is 2. The second kappa shape index (κ2) is 6.88. The van der Waals surface area contributed by atoms with Crippen LogP contribution in [0.1, 0.15) is 25.2 Å². The van der Waals surface area contributed by atoms with Crippen molar-refractivity contribution < 1.29 is 0 Å². The highest BCUT2D eigenvalue weighted by Crippen LogP contribution is 2.24. The largest absolute Gasteiger partial charge is 0.370 e. The Hall–Kier alpha value is -1.37. The van der Waals surface area contributed by atoms with Crippen molar-refractivity contribution in [3.63, 3.8) is 0 Å². The molecule has 0 aliphatic heterocycles. The van der Waals surface area contributed by atoms with Crippen molar-refractivity contribution in [1.29, 1.82) is 0 Å². The summed E-state index contributed by atoms with van der Waals surface area (Å²) in [5.74, 6) is 2.63. The van der Waals surface area contributed by atoms with E-state index in [0.717, 1.165) is 41.7 Å². The molecule has 4 nitrogen and oxygen atoms in total. The maximum absolute atomic E-state index is 4.59. The lowest BCUT2D eigenvalue weighted by Gasteiger charge is -2.14. The Labute approximate surface area is 133 Å². The topological polar surface area (TPSA) is 49.8 Å². The molecule has 5 heteroatoms. The molecule has 0 bridgehead atoms. The van der Waals surface area contributed by atoms with Crippen molar-refractivity contribution in [3.05, 3.63) is 39.2 Å². The van der Waals surface area contributed by atoms with Crippen molar-refractivity contribution >= 4 is 39.9 Å². The molecule has 0 saturated carbocycles. The van der Waals surface area contributed by atoms with Gasteiger partial charge in [-0.25, -0.2) is 9.97 Å². The van der Waals surface area contributed by atoms with E-state index in [2.05, 4.69) is 81.3 Å². The van der Waals surface area contributed by atoms with E-state index < -0.39 is 0 Å². The minimum absolute atomic E-state index is 0.819. The van der Waals surface area contributed by atoms with Crippen LogP contribution in [-0.4, -0.2) is 16.5 Å². The molecule has 0 amide bonds. The Kier molecular flexibility index (Phi) is 5.17. The lowest BCUT2D eigenvalue weighted by Crippen LogP contribution is -2.09. The number of rotatable bonds is 5. The average molecular weight is 382 g/mol. The summed E-state index contributed by atoms with van der Waals surface area (Å²) < 4.78 is 1.22. The van der Waals surface area contributed by atoms with Crippen LogP contribution in [0.15, 0.2) is 24.3 Å². The fourth-order valence-corrected chi connectivity index (χ4v) is 2.21. The molecule has 0 radical (unpaired) electrons. The van der Waals surface area contributed by atoms with Crippen LogP contribution in [0.2, 0.25) is 0 Å². The van der Waals surface area contributed by atoms with E-state index in [1.807, 2.05) is 6.92 Å². The van der Waals surface area contributed by atoms with Crippen molar-refractivity contribution in [1.82, 2.24) is 9.97 Å². The summed E-state index contributed by atoms with van der Waals surface area (Å²) in [5, 5.41) is 6.67. The number of anilines is 3. The molecule has 0 spiro atoms. The van der Waals surface area contributed by atoms with E-state index in [4.69, 9.17) is 0 Å². The Morgan fingerprint density at radius 3 is 2.30 bits per heavy atom. The SMILES string of the molecule is CCNc1nc(CC)nc(Nc2ccc(I)cc2)c1C. The molecule has 1 heterocycles. The van der Waals surface area contributed by atoms with Crippen molar-refractivity contribution in [2.24, 2.45) is 0 Å². The quantitative estimate of drug-likeness (QED) is 0.764. The molecule has 1 aromatic carbocycles. The van der Waals surface area contributed by atoms with Gasteiger partial charge in [0, 0.05) is 27.8 Å². The van der Waals surface area contributed by atoms with Gasteiger partial charge >= 0.3 is 0 Å². The van der Waals surface area contributed by atoms with Crippen LogP contribution in [0.5, 0.6) is 0 Å². The number of hydrogen-bond donors (Lipinski definition) is 2. The van der Waals surface area contributed by atoms with Crippen LogP contribution >= 0.6 is 22.6 Å². The third kappa shape index (κ3) is 3.59. The highest BCUT2D eigenvalue weighted by Gasteiger charge is 2.09. The lowest BCUT2D eigenvalue weighted by molar-refractivity contribution is 0.930. The van der Waals surface area contributed by atoms with E-state index in [9.17, 15) is 0 Å². The average Bonchev–Trinajstić information content (AvgIpc) is 2.45. The molecular formula is C15H19IN4. The summed E-state index contributed by atoms with van der Waals surface area (Å²) in [6.07, 6.45) is 0.819. The predicted molar refractivity (Wildman–Crippen MR) is 92.8 cm³/mol. The molecule has 2 rings (SSSR count). The predicted octanol–water partition coefficient (Wildman–Crippen LogP) is 4.13. The zero-order valence-corrected chi connectivity index (χ0v) is 14.2. The molecule has 0 aliphatic rings. The van der Waals surface area contributed by atoms with E-state index >= 15 is 0 Å². The van der Waals surface area contributed by atoms with Gasteiger partial charge < -0.3 is 10.6 Å². The van der Waals surface area contributed by atoms with E-state index in [0.29, 0.717) is 0 Å². The smallest absolute Gasteiger partial charge is 0.139 e. The van der Waals surface area contributed by atoms with Gasteiger partial charge in [-0.1, -0.05) is 6.92 Å². The van der Waals surface area contributed by atoms with Gasteiger partial charge in [-0.3, -0.25) is 0 Å². The van der Waals surface area contributed by atoms with Crippen molar-refractivity contribution in [3.8, 4) is 0 Å². The van der Waals surface area contributed by atoms with Gasteiger partial charge in [0.25, 0.3) is 0 Å². The number of aromatic nitrogens is 2. The number of benzene rings is 1. The maximum atomic E-state index is 4.59. The summed E-state index contributed by atoms with van der Waals surface area (Å²) in [4.78, 5) is 9.12. The van der Waals surface area contributed by atoms with Crippen LogP contribution < -0.4 is 10.6 Å². The highest BCUT2D eigenvalue weighted by molar-refractivity contribution is 14.1. The first-order chi connectivity index (χ1) is 9.63. The minimum atomic E-state index is 0.819. The monoisotopic (exact) mass is 382 g/mol. The third-order valence-corrected chi connectivity index (χ3v) is 3.68. The molecule has 20 heavy (non-hydrogen) atoms. The second-order valence-electron chi connectivity index (χ2n) is 4.48. The van der Waals surface area contributed by atoms with E-state index in [1.54, 1.807) is 0 Å². The fourth-order valence-electron chi connectivity index (χ4n) is 1.85. The first-order valence-corrected chi connectivity index (χ1v) is 7.85. The van der Waals surface area contributed by atoms with E-state index in [1.165, 1.54) is 3.57 Å². The summed E-state index contributed by atoms with van der Waals surface area (Å²) in [5.41, 5.74) is 2.08. The van der Waals surface area contributed by atoms with Gasteiger partial charge in [-0.15, -0.1) is 0 Å². The lowest BCUT2D eigenvalue weighted by atomic mass is 10.2. The summed E-state index contributed by atoms with van der Waals surface area (Å²) >= 11 is 2.30. The molecule has 0 saturated heterocycles. The van der Waals surface area contributed by atoms with Crippen molar-refractivity contribution in [2.45, 2.75) is 27.2 Å². The van der Waals surface area contributed by atoms with Crippen LogP contribution in [0.4, 0.5) is 17.3 Å². The number of nitrogens with one attached hydrogen (secondary N) is 2. The van der Waals surface area contributed by atoms with Crippen LogP contribution in [0, 0.1) is 10.5 Å². The molecule has 1 aromatic heterocycles. The van der Waals surface area contributed by atoms with Gasteiger partial charge in [-0.2, -0.15) is 0 Å². The Morgan fingerprint density at radius 1 is 1.05 bits per heavy atom. The zero-order valence-electron chi connectivity index (χ0n) is 12.0. The maximum Gasteiger partial charge on any atom is 0.139 e. The highest BCUT2D eigenvalue weighted by atomic mass is 127. The minimum Gasteiger partial charge on any atom is -0.370 e. The van der Waals surface area contributed by atoms with Gasteiger partial charge in [0.2, 0.25) is 0 Å². The van der Waals surface area contributed by atoms with Gasteiger partial charge in [-0.05, 0) is 60.7 Å². The van der Waals surface area contributed by atoms with Crippen LogP contribution in [-0.2, 0) is 6.42 Å². The Morgan fingerprint density at radius 2 is 1.70 bits per heavy atom. The Bertz CT molecular complexity index is 581. The fraction of sp³-hybridized carbons (Fsp3) is 0.333. The van der Waals surface area contributed by atoms with Crippen molar-refractivity contribution in [2.75, 3.05) is 17.2 Å². The third-order valence-electron chi connectivity index (χ3n) is 2.96. The summed E-state index contributed by atoms with van der Waals surface area (Å²) in [6, 6.07) is 8.26. The first-order valence-electron chi connectivity index (χ1n) is 6.78. The number of aryl methyl sites for hydroxylation is 1. The van der Waals surface area contributed by atoms with Crippen LogP contribution in [0.3, 0.4) is 0 Å². The molecule has 0 aliphatic carbocycles. The van der Waals surface area contributed by atoms with Gasteiger partial charge in [0.05, 0.1) is 0 Å². The van der Waals surface area contributed by atoms with E-state index in [-0.39, 0.29) is 0 Å². The molecule has 0 atom stereocenters. The number of hydrogen-bond acceptors (Lipinski definition) is 4. The second-order valence-corrected chi connectivity index (χ2v) is 5.72.